The fourth-order valence-corrected chi connectivity index (χ4v) is 2.15. The first-order chi connectivity index (χ1) is 8.41. The Morgan fingerprint density at radius 2 is 0.941 bits per heavy atom. The Hall–Kier alpha value is -0.260. The first kappa shape index (κ1) is 16.7. The van der Waals surface area contributed by atoms with Crippen molar-refractivity contribution < 1.29 is 0 Å². The molecular formula is C17H34. The Balaban J connectivity index is 2.94. The predicted octanol–water partition coefficient (Wildman–Crippen LogP) is 6.65. The van der Waals surface area contributed by atoms with Gasteiger partial charge in [0.15, 0.2) is 0 Å². The zero-order valence-corrected chi connectivity index (χ0v) is 12.3. The lowest BCUT2D eigenvalue weighted by Crippen LogP contribution is -1.81. The molecular weight excluding hydrogens is 204 g/mol. The molecule has 102 valence electrons. The van der Waals surface area contributed by atoms with Crippen molar-refractivity contribution in [2.45, 2.75) is 97.3 Å². The van der Waals surface area contributed by atoms with Gasteiger partial charge < -0.3 is 0 Å². The molecule has 0 saturated heterocycles. The maximum atomic E-state index is 2.37. The lowest BCUT2D eigenvalue weighted by molar-refractivity contribution is 0.557. The van der Waals surface area contributed by atoms with Crippen LogP contribution in [0.1, 0.15) is 97.3 Å². The second-order valence-corrected chi connectivity index (χ2v) is 5.23. The maximum absolute atomic E-state index is 2.37. The lowest BCUT2D eigenvalue weighted by Gasteiger charge is -2.01. The van der Waals surface area contributed by atoms with Crippen LogP contribution in [0, 0.1) is 0 Å². The molecule has 0 heterocycles. The van der Waals surface area contributed by atoms with Crippen LogP contribution in [0.4, 0.5) is 0 Å². The van der Waals surface area contributed by atoms with Crippen molar-refractivity contribution in [2.24, 2.45) is 0 Å². The van der Waals surface area contributed by atoms with Gasteiger partial charge in [0.2, 0.25) is 0 Å². The highest BCUT2D eigenvalue weighted by Crippen LogP contribution is 2.11. The number of hydrogen-bond acceptors (Lipinski definition) is 0. The van der Waals surface area contributed by atoms with E-state index < -0.39 is 0 Å². The summed E-state index contributed by atoms with van der Waals surface area (Å²) in [6.07, 6.45) is 23.0. The van der Waals surface area contributed by atoms with Gasteiger partial charge in [-0.1, -0.05) is 90.2 Å². The van der Waals surface area contributed by atoms with Gasteiger partial charge in [-0.05, 0) is 19.3 Å². The van der Waals surface area contributed by atoms with Crippen LogP contribution in [0.25, 0.3) is 0 Å². The van der Waals surface area contributed by atoms with E-state index in [0.717, 1.165) is 0 Å². The first-order valence-electron chi connectivity index (χ1n) is 8.06. The van der Waals surface area contributed by atoms with E-state index in [1.54, 1.807) is 0 Å². The minimum atomic E-state index is 1.26. The summed E-state index contributed by atoms with van der Waals surface area (Å²) in [5.41, 5.74) is 0. The largest absolute Gasteiger partial charge is 0.0885 e. The third kappa shape index (κ3) is 15.7. The number of hydrogen-bond donors (Lipinski definition) is 0. The Kier molecular flexibility index (Phi) is 15.5. The minimum Gasteiger partial charge on any atom is -0.0885 e. The van der Waals surface area contributed by atoms with Crippen molar-refractivity contribution in [1.29, 1.82) is 0 Å². The molecule has 0 fully saturated rings. The molecule has 0 aliphatic carbocycles. The van der Waals surface area contributed by atoms with E-state index in [9.17, 15) is 0 Å². The van der Waals surface area contributed by atoms with E-state index in [-0.39, 0.29) is 0 Å². The SMILES string of the molecule is CCC/C=C\CCCCCCCCCCCC. The molecule has 0 unspecified atom stereocenters. The number of rotatable bonds is 13. The molecule has 0 aromatic rings. The summed E-state index contributed by atoms with van der Waals surface area (Å²) in [6.45, 7) is 4.53. The van der Waals surface area contributed by atoms with Crippen LogP contribution in [-0.4, -0.2) is 0 Å². The van der Waals surface area contributed by atoms with Crippen molar-refractivity contribution in [3.8, 4) is 0 Å². The molecule has 0 aliphatic heterocycles. The molecule has 0 aliphatic rings. The lowest BCUT2D eigenvalue weighted by atomic mass is 10.1. The van der Waals surface area contributed by atoms with Gasteiger partial charge in [0.1, 0.15) is 0 Å². The zero-order valence-electron chi connectivity index (χ0n) is 12.3. The second-order valence-electron chi connectivity index (χ2n) is 5.23. The summed E-state index contributed by atoms with van der Waals surface area (Å²) in [4.78, 5) is 0. The zero-order chi connectivity index (χ0) is 12.6. The third-order valence-electron chi connectivity index (χ3n) is 3.35. The van der Waals surface area contributed by atoms with Gasteiger partial charge >= 0.3 is 0 Å². The van der Waals surface area contributed by atoms with Crippen molar-refractivity contribution in [2.75, 3.05) is 0 Å². The normalized spacial score (nSPS) is 11.4. The van der Waals surface area contributed by atoms with Gasteiger partial charge in [0.25, 0.3) is 0 Å². The van der Waals surface area contributed by atoms with Gasteiger partial charge in [-0.2, -0.15) is 0 Å². The highest BCUT2D eigenvalue weighted by molar-refractivity contribution is 4.80. The van der Waals surface area contributed by atoms with Gasteiger partial charge in [-0.15, -0.1) is 0 Å². The van der Waals surface area contributed by atoms with Crippen LogP contribution in [0.3, 0.4) is 0 Å². The number of allylic oxidation sites excluding steroid dienone is 2. The molecule has 0 aromatic carbocycles. The standard InChI is InChI=1S/C17H34/c1-3-5-7-9-11-13-15-17-16-14-12-10-8-6-4-2/h7,9H,3-6,8,10-17H2,1-2H3/b9-7-. The van der Waals surface area contributed by atoms with Crippen LogP contribution >= 0.6 is 0 Å². The van der Waals surface area contributed by atoms with E-state index in [2.05, 4.69) is 26.0 Å². The Morgan fingerprint density at radius 3 is 1.47 bits per heavy atom. The molecule has 0 spiro atoms. The average molecular weight is 238 g/mol. The Bertz CT molecular complexity index is 146. The average Bonchev–Trinajstić information content (AvgIpc) is 2.35. The molecule has 0 radical (unpaired) electrons. The monoisotopic (exact) mass is 238 g/mol. The number of unbranched alkanes of at least 4 members (excludes halogenated alkanes) is 11. The van der Waals surface area contributed by atoms with E-state index in [1.807, 2.05) is 0 Å². The topological polar surface area (TPSA) is 0 Å². The summed E-state index contributed by atoms with van der Waals surface area (Å²) in [5.74, 6) is 0. The van der Waals surface area contributed by atoms with Crippen molar-refractivity contribution in [3.63, 3.8) is 0 Å². The maximum Gasteiger partial charge on any atom is -0.0351 e. The van der Waals surface area contributed by atoms with Crippen molar-refractivity contribution in [1.82, 2.24) is 0 Å². The van der Waals surface area contributed by atoms with Crippen LogP contribution in [-0.2, 0) is 0 Å². The fraction of sp³-hybridized carbons (Fsp3) is 0.882. The third-order valence-corrected chi connectivity index (χ3v) is 3.35. The molecule has 17 heavy (non-hydrogen) atoms. The minimum absolute atomic E-state index is 1.26. The highest BCUT2D eigenvalue weighted by atomic mass is 14.0. The van der Waals surface area contributed by atoms with E-state index >= 15 is 0 Å². The summed E-state index contributed by atoms with van der Waals surface area (Å²) in [5, 5.41) is 0. The van der Waals surface area contributed by atoms with Gasteiger partial charge in [-0.3, -0.25) is 0 Å². The van der Waals surface area contributed by atoms with Crippen LogP contribution < -0.4 is 0 Å². The quantitative estimate of drug-likeness (QED) is 0.249. The molecule has 0 aromatic heterocycles. The van der Waals surface area contributed by atoms with Gasteiger partial charge in [0, 0.05) is 0 Å². The van der Waals surface area contributed by atoms with Crippen molar-refractivity contribution in [3.05, 3.63) is 12.2 Å². The van der Waals surface area contributed by atoms with Crippen LogP contribution in [0.15, 0.2) is 12.2 Å². The molecule has 0 amide bonds. The molecule has 0 bridgehead atoms. The van der Waals surface area contributed by atoms with Gasteiger partial charge in [-0.25, -0.2) is 0 Å². The Labute approximate surface area is 110 Å². The summed E-state index contributed by atoms with van der Waals surface area (Å²) < 4.78 is 0. The molecule has 0 saturated carbocycles. The van der Waals surface area contributed by atoms with E-state index in [4.69, 9.17) is 0 Å². The molecule has 0 rings (SSSR count). The Morgan fingerprint density at radius 1 is 0.471 bits per heavy atom. The van der Waals surface area contributed by atoms with Crippen molar-refractivity contribution >= 4 is 0 Å². The summed E-state index contributed by atoms with van der Waals surface area (Å²) >= 11 is 0. The van der Waals surface area contributed by atoms with E-state index in [0.29, 0.717) is 0 Å². The smallest absolute Gasteiger partial charge is 0.0351 e. The predicted molar refractivity (Wildman–Crippen MR) is 80.5 cm³/mol. The second kappa shape index (κ2) is 15.7. The van der Waals surface area contributed by atoms with E-state index in [1.165, 1.54) is 83.5 Å². The summed E-state index contributed by atoms with van der Waals surface area (Å²) in [6, 6.07) is 0. The fourth-order valence-electron chi connectivity index (χ4n) is 2.15. The van der Waals surface area contributed by atoms with Crippen LogP contribution in [0.2, 0.25) is 0 Å². The molecule has 0 N–H and O–H groups in total. The van der Waals surface area contributed by atoms with Crippen LogP contribution in [0.5, 0.6) is 0 Å². The van der Waals surface area contributed by atoms with Gasteiger partial charge in [0.05, 0.1) is 0 Å². The summed E-state index contributed by atoms with van der Waals surface area (Å²) in [7, 11) is 0. The highest BCUT2D eigenvalue weighted by Gasteiger charge is 1.91. The molecule has 0 heteroatoms. The molecule has 0 nitrogen and oxygen atoms in total. The molecule has 0 atom stereocenters. The first-order valence-corrected chi connectivity index (χ1v) is 8.06.